The summed E-state index contributed by atoms with van der Waals surface area (Å²) in [6.07, 6.45) is 4.12. The topological polar surface area (TPSA) is 52.2 Å². The second-order valence-corrected chi connectivity index (χ2v) is 6.04. The number of benzene rings is 1. The van der Waals surface area contributed by atoms with E-state index in [0.29, 0.717) is 12.5 Å². The molecule has 0 atom stereocenters. The molecule has 21 heavy (non-hydrogen) atoms. The fraction of sp³-hybridized carbons (Fsp3) is 0.471. The number of aliphatic hydroxyl groups is 1. The van der Waals surface area contributed by atoms with Crippen LogP contribution in [0.15, 0.2) is 30.5 Å². The Morgan fingerprint density at radius 2 is 1.95 bits per heavy atom. The van der Waals surface area contributed by atoms with Crippen LogP contribution in [0.4, 0.5) is 0 Å². The Bertz CT molecular complexity index is 568. The van der Waals surface area contributed by atoms with Crippen LogP contribution in [0.2, 0.25) is 0 Å². The van der Waals surface area contributed by atoms with Crippen molar-refractivity contribution in [1.82, 2.24) is 15.1 Å². The van der Waals surface area contributed by atoms with Crippen molar-refractivity contribution < 1.29 is 5.11 Å². The van der Waals surface area contributed by atoms with Crippen molar-refractivity contribution in [2.24, 2.45) is 5.92 Å². The van der Waals surface area contributed by atoms with E-state index in [4.69, 9.17) is 0 Å². The number of H-pyrrole nitrogens is 1. The van der Waals surface area contributed by atoms with Crippen molar-refractivity contribution in [2.45, 2.75) is 26.3 Å². The quantitative estimate of drug-likeness (QED) is 0.908. The third-order valence-electron chi connectivity index (χ3n) is 4.42. The van der Waals surface area contributed by atoms with Crippen molar-refractivity contribution in [3.05, 3.63) is 41.6 Å². The summed E-state index contributed by atoms with van der Waals surface area (Å²) < 4.78 is 0. The molecule has 0 bridgehead atoms. The van der Waals surface area contributed by atoms with Gasteiger partial charge in [0.05, 0.1) is 11.9 Å². The largest absolute Gasteiger partial charge is 0.396 e. The van der Waals surface area contributed by atoms with E-state index in [1.807, 2.05) is 6.20 Å². The molecule has 1 aromatic heterocycles. The molecule has 3 rings (SSSR count). The maximum absolute atomic E-state index is 9.22. The number of hydrogen-bond donors (Lipinski definition) is 2. The minimum absolute atomic E-state index is 0.328. The Kier molecular flexibility index (Phi) is 4.36. The normalized spacial score (nSPS) is 17.2. The molecule has 1 aliphatic rings. The van der Waals surface area contributed by atoms with E-state index in [-0.39, 0.29) is 0 Å². The van der Waals surface area contributed by atoms with Gasteiger partial charge in [0.1, 0.15) is 0 Å². The van der Waals surface area contributed by atoms with Crippen molar-refractivity contribution in [1.29, 1.82) is 0 Å². The molecule has 2 heterocycles. The van der Waals surface area contributed by atoms with Crippen LogP contribution in [0, 0.1) is 12.8 Å². The van der Waals surface area contributed by atoms with Gasteiger partial charge in [-0.15, -0.1) is 0 Å². The van der Waals surface area contributed by atoms with Gasteiger partial charge < -0.3 is 5.11 Å². The predicted octanol–water partition coefficient (Wildman–Crippen LogP) is 2.59. The van der Waals surface area contributed by atoms with E-state index in [1.54, 1.807) is 0 Å². The fourth-order valence-electron chi connectivity index (χ4n) is 2.97. The van der Waals surface area contributed by atoms with E-state index < -0.39 is 0 Å². The number of nitrogens with one attached hydrogen (secondary N) is 1. The molecular weight excluding hydrogens is 262 g/mol. The van der Waals surface area contributed by atoms with Crippen LogP contribution in [0.3, 0.4) is 0 Å². The Balaban J connectivity index is 1.70. The highest BCUT2D eigenvalue weighted by molar-refractivity contribution is 5.62. The molecule has 2 aromatic rings. The summed E-state index contributed by atoms with van der Waals surface area (Å²) in [5.41, 5.74) is 4.84. The molecule has 0 unspecified atom stereocenters. The maximum Gasteiger partial charge on any atom is 0.0695 e. The molecule has 112 valence electrons. The number of likely N-dealkylation sites (tertiary alicyclic amines) is 1. The third kappa shape index (κ3) is 3.34. The summed E-state index contributed by atoms with van der Waals surface area (Å²) >= 11 is 0. The van der Waals surface area contributed by atoms with Crippen molar-refractivity contribution in [3.63, 3.8) is 0 Å². The van der Waals surface area contributed by atoms with E-state index in [2.05, 4.69) is 46.3 Å². The molecule has 0 saturated carbocycles. The number of hydrogen-bond acceptors (Lipinski definition) is 3. The van der Waals surface area contributed by atoms with Gasteiger partial charge in [-0.2, -0.15) is 5.10 Å². The van der Waals surface area contributed by atoms with Gasteiger partial charge in [-0.1, -0.05) is 29.8 Å². The van der Waals surface area contributed by atoms with Gasteiger partial charge in [0.2, 0.25) is 0 Å². The molecule has 1 saturated heterocycles. The molecule has 0 amide bonds. The summed E-state index contributed by atoms with van der Waals surface area (Å²) in [5.74, 6) is 0.488. The first-order valence-electron chi connectivity index (χ1n) is 7.69. The van der Waals surface area contributed by atoms with E-state index >= 15 is 0 Å². The van der Waals surface area contributed by atoms with E-state index in [0.717, 1.165) is 38.2 Å². The monoisotopic (exact) mass is 285 g/mol. The number of aromatic amines is 1. The van der Waals surface area contributed by atoms with Crippen LogP contribution in [0.1, 0.15) is 24.0 Å². The molecule has 4 heteroatoms. The zero-order valence-electron chi connectivity index (χ0n) is 12.5. The Labute approximate surface area is 125 Å². The summed E-state index contributed by atoms with van der Waals surface area (Å²) in [4.78, 5) is 2.45. The first kappa shape index (κ1) is 14.3. The summed E-state index contributed by atoms with van der Waals surface area (Å²) in [6.45, 7) is 5.47. The molecule has 1 aromatic carbocycles. The molecule has 1 aliphatic heterocycles. The SMILES string of the molecule is Cc1ccc(-c2[nH]ncc2CN2CCC(CO)CC2)cc1. The van der Waals surface area contributed by atoms with Gasteiger partial charge in [0.15, 0.2) is 0 Å². The summed E-state index contributed by atoms with van der Waals surface area (Å²) in [5, 5.41) is 16.6. The molecule has 4 nitrogen and oxygen atoms in total. The Morgan fingerprint density at radius 1 is 1.24 bits per heavy atom. The second-order valence-electron chi connectivity index (χ2n) is 6.04. The fourth-order valence-corrected chi connectivity index (χ4v) is 2.97. The highest BCUT2D eigenvalue weighted by atomic mass is 16.3. The van der Waals surface area contributed by atoms with Crippen LogP contribution in [-0.2, 0) is 6.54 Å². The number of aliphatic hydroxyl groups excluding tert-OH is 1. The number of aromatic nitrogens is 2. The Hall–Kier alpha value is -1.65. The highest BCUT2D eigenvalue weighted by Crippen LogP contribution is 2.24. The van der Waals surface area contributed by atoms with Crippen molar-refractivity contribution in [2.75, 3.05) is 19.7 Å². The zero-order chi connectivity index (χ0) is 14.7. The van der Waals surface area contributed by atoms with Crippen molar-refractivity contribution >= 4 is 0 Å². The smallest absolute Gasteiger partial charge is 0.0695 e. The van der Waals surface area contributed by atoms with Gasteiger partial charge in [-0.05, 0) is 44.3 Å². The number of nitrogens with zero attached hydrogens (tertiary/aromatic N) is 2. The summed E-state index contributed by atoms with van der Waals surface area (Å²) in [6, 6.07) is 8.55. The lowest BCUT2D eigenvalue weighted by Crippen LogP contribution is -2.34. The number of piperidine rings is 1. The lowest BCUT2D eigenvalue weighted by molar-refractivity contribution is 0.127. The lowest BCUT2D eigenvalue weighted by Gasteiger charge is -2.30. The van der Waals surface area contributed by atoms with Gasteiger partial charge in [-0.3, -0.25) is 10.00 Å². The average molecular weight is 285 g/mol. The number of aryl methyl sites for hydroxylation is 1. The maximum atomic E-state index is 9.22. The van der Waals surface area contributed by atoms with Crippen molar-refractivity contribution in [3.8, 4) is 11.3 Å². The number of rotatable bonds is 4. The van der Waals surface area contributed by atoms with Crippen LogP contribution < -0.4 is 0 Å². The predicted molar refractivity (Wildman–Crippen MR) is 83.8 cm³/mol. The van der Waals surface area contributed by atoms with Crippen LogP contribution in [-0.4, -0.2) is 39.9 Å². The average Bonchev–Trinajstić information content (AvgIpc) is 2.97. The molecule has 0 aliphatic carbocycles. The van der Waals surface area contributed by atoms with Crippen LogP contribution >= 0.6 is 0 Å². The minimum Gasteiger partial charge on any atom is -0.396 e. The molecule has 0 spiro atoms. The van der Waals surface area contributed by atoms with Gasteiger partial charge in [-0.25, -0.2) is 0 Å². The molecule has 2 N–H and O–H groups in total. The Morgan fingerprint density at radius 3 is 2.62 bits per heavy atom. The van der Waals surface area contributed by atoms with E-state index in [1.165, 1.54) is 16.7 Å². The summed E-state index contributed by atoms with van der Waals surface area (Å²) in [7, 11) is 0. The van der Waals surface area contributed by atoms with Crippen LogP contribution in [0.5, 0.6) is 0 Å². The molecule has 1 fully saturated rings. The second kappa shape index (κ2) is 6.41. The first-order chi connectivity index (χ1) is 10.3. The molecular formula is C17H23N3O. The minimum atomic E-state index is 0.328. The lowest BCUT2D eigenvalue weighted by atomic mass is 9.97. The first-order valence-corrected chi connectivity index (χ1v) is 7.69. The van der Waals surface area contributed by atoms with Crippen LogP contribution in [0.25, 0.3) is 11.3 Å². The standard InChI is InChI=1S/C17H23N3O/c1-13-2-4-15(5-3-13)17-16(10-18-19-17)11-20-8-6-14(12-21)7-9-20/h2-5,10,14,21H,6-9,11-12H2,1H3,(H,18,19). The van der Waals surface area contributed by atoms with Gasteiger partial charge in [0.25, 0.3) is 0 Å². The third-order valence-corrected chi connectivity index (χ3v) is 4.42. The molecule has 0 radical (unpaired) electrons. The highest BCUT2D eigenvalue weighted by Gasteiger charge is 2.20. The van der Waals surface area contributed by atoms with Gasteiger partial charge >= 0.3 is 0 Å². The van der Waals surface area contributed by atoms with E-state index in [9.17, 15) is 5.11 Å². The zero-order valence-corrected chi connectivity index (χ0v) is 12.5. The van der Waals surface area contributed by atoms with Gasteiger partial charge in [0, 0.05) is 18.7 Å².